The highest BCUT2D eigenvalue weighted by atomic mass is 79.9. The number of halogens is 2. The van der Waals surface area contributed by atoms with Crippen molar-refractivity contribution in [2.45, 2.75) is 18.8 Å². The molecular weight excluding hydrogens is 309 g/mol. The van der Waals surface area contributed by atoms with Gasteiger partial charge in [-0.3, -0.25) is 9.78 Å². The summed E-state index contributed by atoms with van der Waals surface area (Å²) in [6.07, 6.45) is 3.22. The van der Waals surface area contributed by atoms with Crippen molar-refractivity contribution in [1.82, 2.24) is 4.98 Å². The summed E-state index contributed by atoms with van der Waals surface area (Å²) >= 11 is 3.27. The zero-order valence-corrected chi connectivity index (χ0v) is 11.7. The molecule has 4 heteroatoms. The zero-order valence-electron chi connectivity index (χ0n) is 10.1. The zero-order chi connectivity index (χ0) is 13.4. The normalized spacial score (nSPS) is 17.3. The number of rotatable bonds is 2. The Balaban J connectivity index is 2.00. The molecule has 0 radical (unpaired) electrons. The molecule has 1 unspecified atom stereocenters. The number of carbonyl (C=O) groups is 1. The Labute approximate surface area is 118 Å². The minimum absolute atomic E-state index is 0.137. The lowest BCUT2D eigenvalue weighted by molar-refractivity contribution is 0.0954. The molecule has 1 atom stereocenters. The smallest absolute Gasteiger partial charge is 0.174 e. The molecule has 0 saturated carbocycles. The predicted octanol–water partition coefficient (Wildman–Crippen LogP) is 3.90. The first-order valence-corrected chi connectivity index (χ1v) is 6.89. The molecule has 0 N–H and O–H groups in total. The van der Waals surface area contributed by atoms with E-state index in [2.05, 4.69) is 20.9 Å². The van der Waals surface area contributed by atoms with Gasteiger partial charge >= 0.3 is 0 Å². The van der Waals surface area contributed by atoms with Gasteiger partial charge in [-0.25, -0.2) is 4.39 Å². The molecule has 3 rings (SSSR count). The predicted molar refractivity (Wildman–Crippen MR) is 73.7 cm³/mol. The SMILES string of the molecule is O=C(c1cc(Br)ccc1F)C1CCc2cccnc21. The van der Waals surface area contributed by atoms with Crippen LogP contribution >= 0.6 is 15.9 Å². The molecule has 1 aromatic carbocycles. The van der Waals surface area contributed by atoms with E-state index in [0.717, 1.165) is 17.7 Å². The highest BCUT2D eigenvalue weighted by Gasteiger charge is 2.31. The lowest BCUT2D eigenvalue weighted by atomic mass is 9.95. The van der Waals surface area contributed by atoms with Crippen LogP contribution in [0.5, 0.6) is 0 Å². The van der Waals surface area contributed by atoms with Gasteiger partial charge in [0.1, 0.15) is 5.82 Å². The fraction of sp³-hybridized carbons (Fsp3) is 0.200. The van der Waals surface area contributed by atoms with Crippen LogP contribution in [0.15, 0.2) is 41.0 Å². The Morgan fingerprint density at radius 1 is 1.37 bits per heavy atom. The van der Waals surface area contributed by atoms with Crippen LogP contribution in [0.4, 0.5) is 4.39 Å². The number of fused-ring (bicyclic) bond motifs is 1. The largest absolute Gasteiger partial charge is 0.293 e. The summed E-state index contributed by atoms with van der Waals surface area (Å²) in [5.41, 5.74) is 2.03. The fourth-order valence-electron chi connectivity index (χ4n) is 2.54. The third-order valence-corrected chi connectivity index (χ3v) is 3.96. The molecule has 0 amide bonds. The Hall–Kier alpha value is -1.55. The average Bonchev–Trinajstić information content (AvgIpc) is 2.84. The summed E-state index contributed by atoms with van der Waals surface area (Å²) in [6.45, 7) is 0. The maximum absolute atomic E-state index is 13.8. The first kappa shape index (κ1) is 12.5. The van der Waals surface area contributed by atoms with E-state index >= 15 is 0 Å². The van der Waals surface area contributed by atoms with E-state index < -0.39 is 5.82 Å². The second kappa shape index (κ2) is 4.85. The standard InChI is InChI=1S/C15H11BrFNO/c16-10-4-6-13(17)12(8-10)15(19)11-5-3-9-2-1-7-18-14(9)11/h1-2,4,6-8,11H,3,5H2. The summed E-state index contributed by atoms with van der Waals surface area (Å²) in [7, 11) is 0. The second-order valence-electron chi connectivity index (χ2n) is 4.63. The molecule has 1 aromatic heterocycles. The number of hydrogen-bond acceptors (Lipinski definition) is 2. The van der Waals surface area contributed by atoms with Gasteiger partial charge in [-0.2, -0.15) is 0 Å². The van der Waals surface area contributed by atoms with Crippen LogP contribution < -0.4 is 0 Å². The van der Waals surface area contributed by atoms with E-state index in [4.69, 9.17) is 0 Å². The number of ketones is 1. The number of hydrogen-bond donors (Lipinski definition) is 0. The molecule has 0 aliphatic heterocycles. The number of pyridine rings is 1. The van der Waals surface area contributed by atoms with Crippen molar-refractivity contribution in [3.63, 3.8) is 0 Å². The van der Waals surface area contributed by atoms with E-state index in [1.807, 2.05) is 12.1 Å². The van der Waals surface area contributed by atoms with Gasteiger partial charge in [-0.05, 0) is 42.7 Å². The number of aromatic nitrogens is 1. The number of benzene rings is 1. The number of nitrogens with zero attached hydrogens (tertiary/aromatic N) is 1. The maximum Gasteiger partial charge on any atom is 0.174 e. The lowest BCUT2D eigenvalue weighted by Gasteiger charge is -2.10. The van der Waals surface area contributed by atoms with Crippen LogP contribution in [-0.4, -0.2) is 10.8 Å². The van der Waals surface area contributed by atoms with Gasteiger partial charge in [0.15, 0.2) is 5.78 Å². The summed E-state index contributed by atoms with van der Waals surface area (Å²) in [5.74, 6) is -0.978. The van der Waals surface area contributed by atoms with Gasteiger partial charge in [-0.15, -0.1) is 0 Å². The van der Waals surface area contributed by atoms with Crippen molar-refractivity contribution in [1.29, 1.82) is 0 Å². The highest BCUT2D eigenvalue weighted by Crippen LogP contribution is 2.34. The van der Waals surface area contributed by atoms with E-state index in [0.29, 0.717) is 10.9 Å². The minimum atomic E-state index is -0.474. The molecule has 96 valence electrons. The van der Waals surface area contributed by atoms with E-state index in [1.54, 1.807) is 18.3 Å². The van der Waals surface area contributed by atoms with Gasteiger partial charge in [-0.1, -0.05) is 22.0 Å². The minimum Gasteiger partial charge on any atom is -0.293 e. The number of Topliss-reactive ketones (excluding diaryl/α,β-unsaturated/α-hetero) is 1. The molecule has 1 aliphatic rings. The summed E-state index contributed by atoms with van der Waals surface area (Å²) in [5, 5.41) is 0. The first-order valence-electron chi connectivity index (χ1n) is 6.10. The van der Waals surface area contributed by atoms with Crippen LogP contribution in [0.1, 0.15) is 34.0 Å². The van der Waals surface area contributed by atoms with Gasteiger partial charge < -0.3 is 0 Å². The van der Waals surface area contributed by atoms with Crippen molar-refractivity contribution < 1.29 is 9.18 Å². The Morgan fingerprint density at radius 2 is 2.21 bits per heavy atom. The molecule has 2 nitrogen and oxygen atoms in total. The third kappa shape index (κ3) is 2.21. The molecule has 0 spiro atoms. The van der Waals surface area contributed by atoms with Gasteiger partial charge in [0.25, 0.3) is 0 Å². The molecule has 1 aliphatic carbocycles. The average molecular weight is 320 g/mol. The van der Waals surface area contributed by atoms with Gasteiger partial charge in [0.2, 0.25) is 0 Å². The number of aryl methyl sites for hydroxylation is 1. The van der Waals surface area contributed by atoms with Crippen LogP contribution in [0.25, 0.3) is 0 Å². The molecule has 1 heterocycles. The molecule has 0 saturated heterocycles. The summed E-state index contributed by atoms with van der Waals surface area (Å²) in [4.78, 5) is 16.8. The number of carbonyl (C=O) groups excluding carboxylic acids is 1. The summed E-state index contributed by atoms with van der Waals surface area (Å²) in [6, 6.07) is 8.29. The Kier molecular flexibility index (Phi) is 3.19. The van der Waals surface area contributed by atoms with Crippen LogP contribution in [0.3, 0.4) is 0 Å². The lowest BCUT2D eigenvalue weighted by Crippen LogP contribution is -2.13. The Morgan fingerprint density at radius 3 is 3.05 bits per heavy atom. The first-order chi connectivity index (χ1) is 9.16. The van der Waals surface area contributed by atoms with Gasteiger partial charge in [0.05, 0.1) is 17.2 Å². The molecule has 0 bridgehead atoms. The van der Waals surface area contributed by atoms with Crippen molar-refractivity contribution in [3.8, 4) is 0 Å². The molecule has 2 aromatic rings. The molecule has 0 fully saturated rings. The van der Waals surface area contributed by atoms with E-state index in [1.165, 1.54) is 6.07 Å². The van der Waals surface area contributed by atoms with Crippen molar-refractivity contribution >= 4 is 21.7 Å². The Bertz CT molecular complexity index is 656. The highest BCUT2D eigenvalue weighted by molar-refractivity contribution is 9.10. The fourth-order valence-corrected chi connectivity index (χ4v) is 2.90. The molecule has 19 heavy (non-hydrogen) atoms. The maximum atomic E-state index is 13.8. The van der Waals surface area contributed by atoms with Crippen LogP contribution in [0, 0.1) is 5.82 Å². The second-order valence-corrected chi connectivity index (χ2v) is 5.54. The van der Waals surface area contributed by atoms with Crippen LogP contribution in [0.2, 0.25) is 0 Å². The topological polar surface area (TPSA) is 30.0 Å². The van der Waals surface area contributed by atoms with Crippen molar-refractivity contribution in [2.24, 2.45) is 0 Å². The molecular formula is C15H11BrFNO. The van der Waals surface area contributed by atoms with Gasteiger partial charge in [0, 0.05) is 10.7 Å². The van der Waals surface area contributed by atoms with E-state index in [-0.39, 0.29) is 17.3 Å². The van der Waals surface area contributed by atoms with Crippen molar-refractivity contribution in [3.05, 3.63) is 63.6 Å². The van der Waals surface area contributed by atoms with Crippen LogP contribution in [-0.2, 0) is 6.42 Å². The van der Waals surface area contributed by atoms with Crippen molar-refractivity contribution in [2.75, 3.05) is 0 Å². The quantitative estimate of drug-likeness (QED) is 0.786. The van der Waals surface area contributed by atoms with E-state index in [9.17, 15) is 9.18 Å². The summed E-state index contributed by atoms with van der Waals surface area (Å²) < 4.78 is 14.5. The monoisotopic (exact) mass is 319 g/mol. The third-order valence-electron chi connectivity index (χ3n) is 3.47.